The number of carbonyl (C=O) groups excluding carboxylic acids is 1. The van der Waals surface area contributed by atoms with Crippen LogP contribution in [0.1, 0.15) is 30.0 Å². The van der Waals surface area contributed by atoms with Crippen LogP contribution in [0.5, 0.6) is 0 Å². The lowest BCUT2D eigenvalue weighted by Crippen LogP contribution is -2.25. The summed E-state index contributed by atoms with van der Waals surface area (Å²) in [6.07, 6.45) is -9.98. The minimum Gasteiger partial charge on any atom is -0.307 e. The summed E-state index contributed by atoms with van der Waals surface area (Å²) in [5.41, 5.74) is -1.07. The van der Waals surface area contributed by atoms with E-state index < -0.39 is 35.1 Å². The van der Waals surface area contributed by atoms with Crippen LogP contribution in [0.2, 0.25) is 5.02 Å². The van der Waals surface area contributed by atoms with Crippen molar-refractivity contribution in [1.82, 2.24) is 5.43 Å². The Hall–Kier alpha value is -2.75. The van der Waals surface area contributed by atoms with E-state index in [0.29, 0.717) is 22.8 Å². The van der Waals surface area contributed by atoms with Crippen molar-refractivity contribution in [3.8, 4) is 0 Å². The van der Waals surface area contributed by atoms with Crippen LogP contribution in [0.15, 0.2) is 47.6 Å². The average Bonchev–Trinajstić information content (AvgIpc) is 2.62. The molecule has 4 nitrogen and oxygen atoms in total. The number of rotatable bonds is 4. The number of alkyl halides is 6. The Labute approximate surface area is 166 Å². The second-order valence-electron chi connectivity index (χ2n) is 5.78. The lowest BCUT2D eigenvalue weighted by molar-refractivity contribution is -0.143. The van der Waals surface area contributed by atoms with Crippen LogP contribution in [0.4, 0.5) is 36.8 Å². The lowest BCUT2D eigenvalue weighted by atomic mass is 10.0. The molecule has 0 saturated heterocycles. The van der Waals surface area contributed by atoms with Crippen LogP contribution in [-0.2, 0) is 12.4 Å². The number of hydrazone groups is 1. The first-order valence-electron chi connectivity index (χ1n) is 8.09. The van der Waals surface area contributed by atoms with E-state index in [1.165, 1.54) is 31.2 Å². The van der Waals surface area contributed by atoms with Crippen LogP contribution < -0.4 is 10.7 Å². The third-order valence-corrected chi connectivity index (χ3v) is 3.90. The molecule has 0 aliphatic rings. The molecule has 156 valence electrons. The van der Waals surface area contributed by atoms with Crippen LogP contribution >= 0.6 is 11.6 Å². The molecule has 0 radical (unpaired) electrons. The van der Waals surface area contributed by atoms with Crippen molar-refractivity contribution >= 4 is 29.0 Å². The highest BCUT2D eigenvalue weighted by atomic mass is 35.5. The molecular weight excluding hydrogens is 424 g/mol. The zero-order valence-corrected chi connectivity index (χ0v) is 15.5. The lowest BCUT2D eigenvalue weighted by Gasteiger charge is -2.15. The van der Waals surface area contributed by atoms with E-state index in [0.717, 1.165) is 0 Å². The molecule has 2 amide bonds. The number of amides is 2. The van der Waals surface area contributed by atoms with E-state index in [-0.39, 0.29) is 18.2 Å². The number of nitrogens with one attached hydrogen (secondary N) is 2. The van der Waals surface area contributed by atoms with Crippen molar-refractivity contribution < 1.29 is 31.1 Å². The van der Waals surface area contributed by atoms with Gasteiger partial charge in [0.25, 0.3) is 0 Å². The number of hydrogen-bond acceptors (Lipinski definition) is 2. The van der Waals surface area contributed by atoms with Gasteiger partial charge in [0, 0.05) is 10.7 Å². The normalized spacial score (nSPS) is 12.6. The fourth-order valence-electron chi connectivity index (χ4n) is 2.28. The van der Waals surface area contributed by atoms with Gasteiger partial charge in [0.1, 0.15) is 0 Å². The van der Waals surface area contributed by atoms with Gasteiger partial charge in [0.2, 0.25) is 0 Å². The number of benzene rings is 2. The maximum absolute atomic E-state index is 13.0. The topological polar surface area (TPSA) is 53.5 Å². The Morgan fingerprint density at radius 1 is 0.966 bits per heavy atom. The molecule has 2 aromatic carbocycles. The summed E-state index contributed by atoms with van der Waals surface area (Å²) in [5.74, 6) is 0. The molecule has 0 bridgehead atoms. The smallest absolute Gasteiger partial charge is 0.307 e. The molecule has 0 atom stereocenters. The molecule has 2 aromatic rings. The third-order valence-electron chi connectivity index (χ3n) is 3.65. The first-order valence-corrected chi connectivity index (χ1v) is 8.47. The Morgan fingerprint density at radius 3 is 1.93 bits per heavy atom. The summed E-state index contributed by atoms with van der Waals surface area (Å²) in [5, 5.41) is 6.50. The van der Waals surface area contributed by atoms with Crippen molar-refractivity contribution in [3.63, 3.8) is 0 Å². The second-order valence-corrected chi connectivity index (χ2v) is 6.22. The number of hydrogen-bond donors (Lipinski definition) is 2. The molecule has 29 heavy (non-hydrogen) atoms. The Bertz CT molecular complexity index is 875. The van der Waals surface area contributed by atoms with Gasteiger partial charge in [-0.25, -0.2) is 10.2 Å². The van der Waals surface area contributed by atoms with Gasteiger partial charge in [-0.3, -0.25) is 0 Å². The molecular formula is C18H14ClF6N3O. The zero-order chi connectivity index (χ0) is 21.8. The van der Waals surface area contributed by atoms with Gasteiger partial charge in [-0.2, -0.15) is 31.4 Å². The minimum absolute atomic E-state index is 0.0252. The zero-order valence-electron chi connectivity index (χ0n) is 14.7. The van der Waals surface area contributed by atoms with Crippen molar-refractivity contribution in [2.45, 2.75) is 25.7 Å². The van der Waals surface area contributed by atoms with Gasteiger partial charge < -0.3 is 5.32 Å². The fourth-order valence-corrected chi connectivity index (χ4v) is 2.41. The van der Waals surface area contributed by atoms with Crippen molar-refractivity contribution in [1.29, 1.82) is 0 Å². The second kappa shape index (κ2) is 8.73. The Balaban J connectivity index is 2.29. The molecule has 0 heterocycles. The van der Waals surface area contributed by atoms with Crippen LogP contribution in [0.25, 0.3) is 0 Å². The summed E-state index contributed by atoms with van der Waals surface area (Å²) >= 11 is 5.72. The SMILES string of the molecule is CC/C(=N\NC(=O)Nc1ccc(Cl)cc1)c1cc(C(F)(F)F)cc(C(F)(F)F)c1. The van der Waals surface area contributed by atoms with Crippen LogP contribution in [-0.4, -0.2) is 11.7 Å². The van der Waals surface area contributed by atoms with Gasteiger partial charge in [-0.15, -0.1) is 0 Å². The predicted molar refractivity (Wildman–Crippen MR) is 96.9 cm³/mol. The van der Waals surface area contributed by atoms with Gasteiger partial charge >= 0.3 is 18.4 Å². The summed E-state index contributed by atoms with van der Waals surface area (Å²) < 4.78 is 78.0. The molecule has 0 saturated carbocycles. The summed E-state index contributed by atoms with van der Waals surface area (Å²) in [6, 6.07) is 6.31. The summed E-state index contributed by atoms with van der Waals surface area (Å²) in [6.45, 7) is 1.48. The third kappa shape index (κ3) is 6.38. The number of halogens is 7. The van der Waals surface area contributed by atoms with Gasteiger partial charge in [0.15, 0.2) is 0 Å². The number of urea groups is 1. The molecule has 2 rings (SSSR count). The Kier molecular flexibility index (Phi) is 6.78. The molecule has 0 aliphatic carbocycles. The standard InChI is InChI=1S/C18H14ClF6N3O/c1-2-15(27-28-16(29)26-14-5-3-13(19)4-6-14)10-7-11(17(20,21)22)9-12(8-10)18(23,24)25/h3-9H,2H2,1H3,(H2,26,28,29)/b27-15+. The predicted octanol–water partition coefficient (Wildman–Crippen LogP) is 6.31. The maximum atomic E-state index is 13.0. The van der Waals surface area contributed by atoms with Crippen molar-refractivity contribution in [3.05, 3.63) is 64.2 Å². The number of nitrogens with zero attached hydrogens (tertiary/aromatic N) is 1. The first kappa shape index (κ1) is 22.5. The van der Waals surface area contributed by atoms with E-state index in [9.17, 15) is 31.1 Å². The number of anilines is 1. The van der Waals surface area contributed by atoms with Gasteiger partial charge in [-0.05, 0) is 54.4 Å². The highest BCUT2D eigenvalue weighted by Gasteiger charge is 2.37. The van der Waals surface area contributed by atoms with E-state index in [2.05, 4.69) is 15.8 Å². The maximum Gasteiger partial charge on any atom is 0.416 e. The largest absolute Gasteiger partial charge is 0.416 e. The minimum atomic E-state index is -4.98. The molecule has 0 spiro atoms. The highest BCUT2D eigenvalue weighted by Crippen LogP contribution is 2.36. The van der Waals surface area contributed by atoms with Gasteiger partial charge in [-0.1, -0.05) is 18.5 Å². The molecule has 2 N–H and O–H groups in total. The first-order chi connectivity index (χ1) is 13.4. The average molecular weight is 438 g/mol. The fraction of sp³-hybridized carbons (Fsp3) is 0.222. The Morgan fingerprint density at radius 2 is 1.48 bits per heavy atom. The summed E-state index contributed by atoms with van der Waals surface area (Å²) in [4.78, 5) is 11.9. The monoisotopic (exact) mass is 437 g/mol. The highest BCUT2D eigenvalue weighted by molar-refractivity contribution is 6.30. The van der Waals surface area contributed by atoms with E-state index in [1.807, 2.05) is 0 Å². The van der Waals surface area contributed by atoms with Crippen LogP contribution in [0.3, 0.4) is 0 Å². The quantitative estimate of drug-likeness (QED) is 0.328. The van der Waals surface area contributed by atoms with E-state index in [4.69, 9.17) is 11.6 Å². The molecule has 0 unspecified atom stereocenters. The molecule has 11 heteroatoms. The van der Waals surface area contributed by atoms with E-state index in [1.54, 1.807) is 0 Å². The molecule has 0 fully saturated rings. The van der Waals surface area contributed by atoms with Crippen LogP contribution in [0, 0.1) is 0 Å². The summed E-state index contributed by atoms with van der Waals surface area (Å²) in [7, 11) is 0. The molecule has 0 aromatic heterocycles. The van der Waals surface area contributed by atoms with Crippen molar-refractivity contribution in [2.75, 3.05) is 5.32 Å². The van der Waals surface area contributed by atoms with E-state index >= 15 is 0 Å². The van der Waals surface area contributed by atoms with Gasteiger partial charge in [0.05, 0.1) is 16.8 Å². The van der Waals surface area contributed by atoms with Crippen molar-refractivity contribution in [2.24, 2.45) is 5.10 Å². The number of carbonyl (C=O) groups is 1. The molecule has 0 aliphatic heterocycles.